The molecule has 0 atom stereocenters. The van der Waals surface area contributed by atoms with E-state index in [0.717, 1.165) is 10.8 Å². The zero-order valence-electron chi connectivity index (χ0n) is 11.0. The molecule has 0 fully saturated rings. The molecule has 0 aliphatic carbocycles. The first kappa shape index (κ1) is 12.6. The van der Waals surface area contributed by atoms with E-state index >= 15 is 0 Å². The van der Waals surface area contributed by atoms with Crippen molar-refractivity contribution in [3.63, 3.8) is 0 Å². The van der Waals surface area contributed by atoms with Crippen LogP contribution in [0.3, 0.4) is 0 Å². The third-order valence-electron chi connectivity index (χ3n) is 3.27. The molecule has 6 nitrogen and oxygen atoms in total. The van der Waals surface area contributed by atoms with Gasteiger partial charge in [0.1, 0.15) is 6.61 Å². The zero-order chi connectivity index (χ0) is 14.1. The van der Waals surface area contributed by atoms with Crippen molar-refractivity contribution in [3.8, 4) is 5.69 Å². The van der Waals surface area contributed by atoms with Crippen LogP contribution in [0.2, 0.25) is 0 Å². The summed E-state index contributed by atoms with van der Waals surface area (Å²) < 4.78 is 2.77. The summed E-state index contributed by atoms with van der Waals surface area (Å²) in [5.74, 6) is 0.368. The predicted octanol–water partition coefficient (Wildman–Crippen LogP) is 1.09. The van der Waals surface area contributed by atoms with Gasteiger partial charge >= 0.3 is 5.69 Å². The molecule has 2 heterocycles. The number of hydrogen-bond donors (Lipinski definition) is 1. The molecular weight excluding hydrogens is 256 g/mol. The van der Waals surface area contributed by atoms with Crippen LogP contribution >= 0.6 is 0 Å². The maximum atomic E-state index is 12.3. The fraction of sp³-hybridized carbons (Fsp3) is 0.214. The molecule has 20 heavy (non-hydrogen) atoms. The Kier molecular flexibility index (Phi) is 3.08. The first-order valence-electron chi connectivity index (χ1n) is 6.38. The minimum atomic E-state index is -0.256. The monoisotopic (exact) mass is 270 g/mol. The van der Waals surface area contributed by atoms with Crippen molar-refractivity contribution in [3.05, 3.63) is 53.0 Å². The highest BCUT2D eigenvalue weighted by atomic mass is 16.3. The average Bonchev–Trinajstić information content (AvgIpc) is 2.82. The van der Waals surface area contributed by atoms with Gasteiger partial charge in [-0.1, -0.05) is 6.07 Å². The molecule has 0 saturated heterocycles. The summed E-state index contributed by atoms with van der Waals surface area (Å²) in [6.45, 7) is 2.07. The highest BCUT2D eigenvalue weighted by Gasteiger charge is 2.12. The van der Waals surface area contributed by atoms with Gasteiger partial charge in [0.15, 0.2) is 5.82 Å². The SMILES string of the molecule is CCn1c(CO)nn(-c2ccc3cnccc3c2)c1=O. The number of fused-ring (bicyclic) bond motifs is 1. The van der Waals surface area contributed by atoms with Crippen molar-refractivity contribution in [2.24, 2.45) is 0 Å². The van der Waals surface area contributed by atoms with Gasteiger partial charge in [0.2, 0.25) is 0 Å². The molecule has 0 radical (unpaired) electrons. The number of aromatic nitrogens is 4. The molecule has 0 spiro atoms. The molecule has 3 rings (SSSR count). The number of benzene rings is 1. The molecule has 0 aliphatic rings. The van der Waals surface area contributed by atoms with Crippen molar-refractivity contribution >= 4 is 10.8 Å². The van der Waals surface area contributed by atoms with Crippen molar-refractivity contribution in [1.82, 2.24) is 19.3 Å². The van der Waals surface area contributed by atoms with Crippen LogP contribution in [-0.2, 0) is 13.2 Å². The minimum absolute atomic E-state index is 0.245. The first-order chi connectivity index (χ1) is 9.74. The quantitative estimate of drug-likeness (QED) is 0.773. The van der Waals surface area contributed by atoms with E-state index in [1.807, 2.05) is 31.2 Å². The number of rotatable bonds is 3. The van der Waals surface area contributed by atoms with E-state index in [9.17, 15) is 9.90 Å². The fourth-order valence-electron chi connectivity index (χ4n) is 2.24. The third kappa shape index (κ3) is 1.90. The van der Waals surface area contributed by atoms with Crippen molar-refractivity contribution in [1.29, 1.82) is 0 Å². The molecule has 1 N–H and O–H groups in total. The Morgan fingerprint density at radius 1 is 1.25 bits per heavy atom. The average molecular weight is 270 g/mol. The van der Waals surface area contributed by atoms with Crippen LogP contribution in [0.15, 0.2) is 41.5 Å². The van der Waals surface area contributed by atoms with Gasteiger partial charge in [0.05, 0.1) is 5.69 Å². The number of hydrogen-bond acceptors (Lipinski definition) is 4. The van der Waals surface area contributed by atoms with E-state index in [2.05, 4.69) is 10.1 Å². The van der Waals surface area contributed by atoms with E-state index in [-0.39, 0.29) is 12.3 Å². The maximum absolute atomic E-state index is 12.3. The lowest BCUT2D eigenvalue weighted by atomic mass is 10.1. The van der Waals surface area contributed by atoms with Crippen molar-refractivity contribution in [2.45, 2.75) is 20.1 Å². The maximum Gasteiger partial charge on any atom is 0.350 e. The van der Waals surface area contributed by atoms with Gasteiger partial charge < -0.3 is 5.11 Å². The molecule has 0 aliphatic heterocycles. The topological polar surface area (TPSA) is 72.9 Å². The van der Waals surface area contributed by atoms with E-state index in [0.29, 0.717) is 18.1 Å². The van der Waals surface area contributed by atoms with Gasteiger partial charge in [-0.05, 0) is 30.5 Å². The second-order valence-corrected chi connectivity index (χ2v) is 4.42. The van der Waals surface area contributed by atoms with Crippen LogP contribution in [-0.4, -0.2) is 24.4 Å². The normalized spacial score (nSPS) is 11.1. The summed E-state index contributed by atoms with van der Waals surface area (Å²) in [6, 6.07) is 7.48. The predicted molar refractivity (Wildman–Crippen MR) is 74.7 cm³/mol. The Balaban J connectivity index is 2.20. The van der Waals surface area contributed by atoms with Gasteiger partial charge in [-0.3, -0.25) is 9.55 Å². The largest absolute Gasteiger partial charge is 0.388 e. The van der Waals surface area contributed by atoms with Crippen LogP contribution < -0.4 is 5.69 Å². The lowest BCUT2D eigenvalue weighted by Gasteiger charge is -2.02. The second kappa shape index (κ2) is 4.90. The highest BCUT2D eigenvalue weighted by Crippen LogP contribution is 2.16. The van der Waals surface area contributed by atoms with Crippen LogP contribution in [0, 0.1) is 0 Å². The second-order valence-electron chi connectivity index (χ2n) is 4.42. The molecule has 0 saturated carbocycles. The Bertz CT molecular complexity index is 819. The Labute approximate surface area is 114 Å². The van der Waals surface area contributed by atoms with E-state index in [4.69, 9.17) is 0 Å². The van der Waals surface area contributed by atoms with Gasteiger partial charge in [0.25, 0.3) is 0 Å². The van der Waals surface area contributed by atoms with Crippen LogP contribution in [0.25, 0.3) is 16.5 Å². The van der Waals surface area contributed by atoms with E-state index < -0.39 is 0 Å². The third-order valence-corrected chi connectivity index (χ3v) is 3.27. The Morgan fingerprint density at radius 2 is 2.10 bits per heavy atom. The molecule has 3 aromatic rings. The summed E-state index contributed by atoms with van der Waals surface area (Å²) in [5.41, 5.74) is 0.431. The van der Waals surface area contributed by atoms with E-state index in [1.165, 1.54) is 9.25 Å². The van der Waals surface area contributed by atoms with E-state index in [1.54, 1.807) is 12.4 Å². The molecule has 0 amide bonds. The first-order valence-corrected chi connectivity index (χ1v) is 6.38. The number of aliphatic hydroxyl groups is 1. The molecular formula is C14H14N4O2. The summed E-state index contributed by atoms with van der Waals surface area (Å²) in [6.07, 6.45) is 3.48. The zero-order valence-corrected chi connectivity index (χ0v) is 11.0. The molecule has 0 unspecified atom stereocenters. The van der Waals surface area contributed by atoms with Crippen LogP contribution in [0.5, 0.6) is 0 Å². The standard InChI is InChI=1S/C14H14N4O2/c1-2-17-13(9-19)16-18(14(17)20)12-4-3-11-8-15-6-5-10(11)7-12/h3-8,19H,2,9H2,1H3. The smallest absolute Gasteiger partial charge is 0.350 e. The van der Waals surface area contributed by atoms with Gasteiger partial charge in [-0.2, -0.15) is 4.68 Å². The Morgan fingerprint density at radius 3 is 2.80 bits per heavy atom. The molecule has 2 aromatic heterocycles. The number of nitrogens with zero attached hydrogens (tertiary/aromatic N) is 4. The summed E-state index contributed by atoms with van der Waals surface area (Å²) in [5, 5.41) is 15.4. The molecule has 6 heteroatoms. The van der Waals surface area contributed by atoms with Crippen LogP contribution in [0.1, 0.15) is 12.7 Å². The fourth-order valence-corrected chi connectivity index (χ4v) is 2.24. The van der Waals surface area contributed by atoms with Gasteiger partial charge in [0, 0.05) is 24.3 Å². The summed E-state index contributed by atoms with van der Waals surface area (Å²) in [4.78, 5) is 16.3. The van der Waals surface area contributed by atoms with Gasteiger partial charge in [-0.25, -0.2) is 4.79 Å². The number of aliphatic hydroxyl groups excluding tert-OH is 1. The summed E-state index contributed by atoms with van der Waals surface area (Å²) >= 11 is 0. The lowest BCUT2D eigenvalue weighted by Crippen LogP contribution is -2.23. The molecule has 102 valence electrons. The van der Waals surface area contributed by atoms with Crippen LogP contribution in [0.4, 0.5) is 0 Å². The van der Waals surface area contributed by atoms with Gasteiger partial charge in [-0.15, -0.1) is 5.10 Å². The number of pyridine rings is 1. The summed E-state index contributed by atoms with van der Waals surface area (Å²) in [7, 11) is 0. The van der Waals surface area contributed by atoms with Crippen molar-refractivity contribution < 1.29 is 5.11 Å². The van der Waals surface area contributed by atoms with Crippen molar-refractivity contribution in [2.75, 3.05) is 0 Å². The Hall–Kier alpha value is -2.47. The highest BCUT2D eigenvalue weighted by molar-refractivity contribution is 5.83. The molecule has 1 aromatic carbocycles. The molecule has 0 bridgehead atoms. The minimum Gasteiger partial charge on any atom is -0.388 e. The lowest BCUT2D eigenvalue weighted by molar-refractivity contribution is 0.264.